The quantitative estimate of drug-likeness (QED) is 0.838. The second kappa shape index (κ2) is 4.37. The van der Waals surface area contributed by atoms with Gasteiger partial charge in [-0.05, 0) is 36.1 Å². The second-order valence-corrected chi connectivity index (χ2v) is 5.96. The molecule has 20 heavy (non-hydrogen) atoms. The molecule has 5 nitrogen and oxygen atoms in total. The van der Waals surface area contributed by atoms with Crippen molar-refractivity contribution in [3.05, 3.63) is 42.2 Å². The molecule has 1 aliphatic rings. The van der Waals surface area contributed by atoms with Crippen LogP contribution in [0.15, 0.2) is 36.5 Å². The summed E-state index contributed by atoms with van der Waals surface area (Å²) >= 11 is 0. The topological polar surface area (TPSA) is 72.9 Å². The third-order valence-electron chi connectivity index (χ3n) is 3.78. The first kappa shape index (κ1) is 12.7. The molecule has 1 aromatic carbocycles. The normalized spacial score (nSPS) is 19.6. The van der Waals surface area contributed by atoms with E-state index in [1.165, 1.54) is 0 Å². The highest BCUT2D eigenvalue weighted by Gasteiger charge is 2.46. The van der Waals surface area contributed by atoms with E-state index < -0.39 is 0 Å². The third-order valence-corrected chi connectivity index (χ3v) is 3.78. The van der Waals surface area contributed by atoms with Gasteiger partial charge >= 0.3 is 0 Å². The van der Waals surface area contributed by atoms with Crippen LogP contribution in [-0.2, 0) is 0 Å². The molecule has 0 spiro atoms. The summed E-state index contributed by atoms with van der Waals surface area (Å²) in [5.74, 6) is -0.122. The number of nitrogen functional groups attached to an aromatic ring is 1. The number of carbonyl (C=O) groups excluding carboxylic acids is 1. The molecule has 0 aliphatic heterocycles. The largest absolute Gasteiger partial charge is 0.399 e. The lowest BCUT2D eigenvalue weighted by atomic mass is 10.2. The van der Waals surface area contributed by atoms with Crippen molar-refractivity contribution in [1.29, 1.82) is 0 Å². The highest BCUT2D eigenvalue weighted by molar-refractivity contribution is 5.92. The minimum Gasteiger partial charge on any atom is -0.399 e. The zero-order chi connectivity index (χ0) is 14.3. The van der Waals surface area contributed by atoms with Crippen molar-refractivity contribution in [2.24, 2.45) is 5.41 Å². The Morgan fingerprint density at radius 1 is 1.45 bits per heavy atom. The maximum Gasteiger partial charge on any atom is 0.272 e. The number of nitrogens with zero attached hydrogens (tertiary/aromatic N) is 2. The molecule has 0 saturated heterocycles. The molecule has 104 valence electrons. The molecule has 1 unspecified atom stereocenters. The van der Waals surface area contributed by atoms with E-state index in [-0.39, 0.29) is 17.4 Å². The molecule has 0 radical (unpaired) electrons. The van der Waals surface area contributed by atoms with Crippen LogP contribution in [-0.4, -0.2) is 21.7 Å². The van der Waals surface area contributed by atoms with E-state index in [0.717, 1.165) is 12.1 Å². The summed E-state index contributed by atoms with van der Waals surface area (Å²) in [5, 5.41) is 7.30. The predicted molar refractivity (Wildman–Crippen MR) is 77.6 cm³/mol. The molecule has 1 amide bonds. The number of hydrogen-bond donors (Lipinski definition) is 2. The van der Waals surface area contributed by atoms with Gasteiger partial charge in [-0.25, -0.2) is 4.68 Å². The molecule has 0 bridgehead atoms. The molecule has 1 atom stereocenters. The number of benzene rings is 1. The number of hydrogen-bond acceptors (Lipinski definition) is 3. The van der Waals surface area contributed by atoms with Gasteiger partial charge in [-0.15, -0.1) is 0 Å². The zero-order valence-corrected chi connectivity index (χ0v) is 11.6. The van der Waals surface area contributed by atoms with Crippen molar-refractivity contribution >= 4 is 11.6 Å². The van der Waals surface area contributed by atoms with Gasteiger partial charge in [-0.3, -0.25) is 4.79 Å². The lowest BCUT2D eigenvalue weighted by molar-refractivity contribution is 0.0941. The molecule has 3 N–H and O–H groups in total. The smallest absolute Gasteiger partial charge is 0.272 e. The SMILES string of the molecule is CC1(C)CC1NC(=O)c1ccn(-c2cccc(N)c2)n1. The Morgan fingerprint density at radius 3 is 2.85 bits per heavy atom. The van der Waals surface area contributed by atoms with Gasteiger partial charge in [0.2, 0.25) is 0 Å². The van der Waals surface area contributed by atoms with Gasteiger partial charge in [-0.1, -0.05) is 19.9 Å². The fourth-order valence-corrected chi connectivity index (χ4v) is 2.20. The van der Waals surface area contributed by atoms with Gasteiger partial charge in [0.25, 0.3) is 5.91 Å². The molecule has 2 aromatic rings. The van der Waals surface area contributed by atoms with Gasteiger partial charge < -0.3 is 11.1 Å². The summed E-state index contributed by atoms with van der Waals surface area (Å²) < 4.78 is 1.66. The van der Waals surface area contributed by atoms with Crippen molar-refractivity contribution in [2.75, 3.05) is 5.73 Å². The average molecular weight is 270 g/mol. The Labute approximate surface area is 117 Å². The highest BCUT2D eigenvalue weighted by Crippen LogP contribution is 2.44. The number of amides is 1. The van der Waals surface area contributed by atoms with Gasteiger partial charge in [-0.2, -0.15) is 5.10 Å². The lowest BCUT2D eigenvalue weighted by Gasteiger charge is -2.05. The molecule has 1 aliphatic carbocycles. The van der Waals surface area contributed by atoms with Crippen LogP contribution in [0.2, 0.25) is 0 Å². The fourth-order valence-electron chi connectivity index (χ4n) is 2.20. The first-order valence-electron chi connectivity index (χ1n) is 6.68. The van der Waals surface area contributed by atoms with Gasteiger partial charge in [0.15, 0.2) is 5.69 Å². The van der Waals surface area contributed by atoms with Crippen LogP contribution in [0.1, 0.15) is 30.8 Å². The summed E-state index contributed by atoms with van der Waals surface area (Å²) in [6.07, 6.45) is 2.79. The molecular formula is C15H18N4O. The summed E-state index contributed by atoms with van der Waals surface area (Å²) in [5.41, 5.74) is 7.90. The van der Waals surface area contributed by atoms with Crippen molar-refractivity contribution in [3.8, 4) is 5.69 Å². The number of nitrogens with one attached hydrogen (secondary N) is 1. The molecule has 1 saturated carbocycles. The van der Waals surface area contributed by atoms with E-state index in [1.807, 2.05) is 24.3 Å². The van der Waals surface area contributed by atoms with Crippen molar-refractivity contribution in [1.82, 2.24) is 15.1 Å². The molecule has 1 fully saturated rings. The van der Waals surface area contributed by atoms with E-state index in [2.05, 4.69) is 24.3 Å². The summed E-state index contributed by atoms with van der Waals surface area (Å²) in [7, 11) is 0. The van der Waals surface area contributed by atoms with E-state index in [4.69, 9.17) is 5.73 Å². The minimum atomic E-state index is -0.122. The fraction of sp³-hybridized carbons (Fsp3) is 0.333. The molecule has 1 heterocycles. The second-order valence-electron chi connectivity index (χ2n) is 5.96. The zero-order valence-electron chi connectivity index (χ0n) is 11.6. The van der Waals surface area contributed by atoms with Crippen molar-refractivity contribution in [2.45, 2.75) is 26.3 Å². The van der Waals surface area contributed by atoms with Crippen molar-refractivity contribution in [3.63, 3.8) is 0 Å². The van der Waals surface area contributed by atoms with Gasteiger partial charge in [0, 0.05) is 17.9 Å². The van der Waals surface area contributed by atoms with Crippen LogP contribution in [0.25, 0.3) is 5.69 Å². The van der Waals surface area contributed by atoms with Gasteiger partial charge in [0.1, 0.15) is 0 Å². The lowest BCUT2D eigenvalue weighted by Crippen LogP contribution is -2.28. The van der Waals surface area contributed by atoms with Crippen LogP contribution in [0.3, 0.4) is 0 Å². The van der Waals surface area contributed by atoms with E-state index >= 15 is 0 Å². The maximum atomic E-state index is 12.1. The average Bonchev–Trinajstić information content (AvgIpc) is 2.81. The van der Waals surface area contributed by atoms with Crippen LogP contribution in [0.5, 0.6) is 0 Å². The minimum absolute atomic E-state index is 0.122. The summed E-state index contributed by atoms with van der Waals surface area (Å²) in [6, 6.07) is 9.36. The van der Waals surface area contributed by atoms with Crippen LogP contribution in [0.4, 0.5) is 5.69 Å². The Kier molecular flexibility index (Phi) is 2.78. The van der Waals surface area contributed by atoms with E-state index in [0.29, 0.717) is 11.4 Å². The summed E-state index contributed by atoms with van der Waals surface area (Å²) in [4.78, 5) is 12.1. The molecule has 3 rings (SSSR count). The third kappa shape index (κ3) is 2.39. The standard InChI is InChI=1S/C15H18N4O/c1-15(2)9-13(15)17-14(20)12-6-7-19(18-12)11-5-3-4-10(16)8-11/h3-8,13H,9,16H2,1-2H3,(H,17,20). The van der Waals surface area contributed by atoms with Crippen LogP contribution in [0, 0.1) is 5.41 Å². The number of nitrogens with two attached hydrogens (primary N) is 1. The molecule has 5 heteroatoms. The van der Waals surface area contributed by atoms with Gasteiger partial charge in [0.05, 0.1) is 5.69 Å². The van der Waals surface area contributed by atoms with Crippen LogP contribution >= 0.6 is 0 Å². The maximum absolute atomic E-state index is 12.1. The molecule has 1 aromatic heterocycles. The van der Waals surface area contributed by atoms with Crippen molar-refractivity contribution < 1.29 is 4.79 Å². The highest BCUT2D eigenvalue weighted by atomic mass is 16.2. The molecular weight excluding hydrogens is 252 g/mol. The van der Waals surface area contributed by atoms with E-state index in [9.17, 15) is 4.79 Å². The Balaban J connectivity index is 1.75. The Hall–Kier alpha value is -2.30. The number of carbonyl (C=O) groups is 1. The number of aromatic nitrogens is 2. The monoisotopic (exact) mass is 270 g/mol. The number of anilines is 1. The Morgan fingerprint density at radius 2 is 2.20 bits per heavy atom. The first-order chi connectivity index (χ1) is 9.45. The van der Waals surface area contributed by atoms with Crippen LogP contribution < -0.4 is 11.1 Å². The number of rotatable bonds is 3. The Bertz CT molecular complexity index is 659. The van der Waals surface area contributed by atoms with E-state index in [1.54, 1.807) is 16.9 Å². The first-order valence-corrected chi connectivity index (χ1v) is 6.68. The summed E-state index contributed by atoms with van der Waals surface area (Å²) in [6.45, 7) is 4.28. The predicted octanol–water partition coefficient (Wildman–Crippen LogP) is 1.98.